The SMILES string of the molecule is CCOC(=O)c1cnc2ccccc2c1NCCCCCNC(=O)OCc1ccccc1. The number of benzene rings is 2. The van der Waals surface area contributed by atoms with E-state index in [9.17, 15) is 9.59 Å². The van der Waals surface area contributed by atoms with Gasteiger partial charge in [-0.3, -0.25) is 4.98 Å². The first kappa shape index (κ1) is 23.1. The molecule has 0 saturated carbocycles. The fraction of sp³-hybridized carbons (Fsp3) is 0.320. The lowest BCUT2D eigenvalue weighted by molar-refractivity contribution is 0.0527. The maximum atomic E-state index is 12.3. The second-order valence-electron chi connectivity index (χ2n) is 7.26. The van der Waals surface area contributed by atoms with E-state index in [1.54, 1.807) is 13.1 Å². The minimum Gasteiger partial charge on any atom is -0.462 e. The maximum Gasteiger partial charge on any atom is 0.407 e. The van der Waals surface area contributed by atoms with Gasteiger partial charge < -0.3 is 20.1 Å². The van der Waals surface area contributed by atoms with Crippen molar-refractivity contribution in [1.29, 1.82) is 0 Å². The Hall–Kier alpha value is -3.61. The van der Waals surface area contributed by atoms with Crippen LogP contribution in [-0.2, 0) is 16.1 Å². The van der Waals surface area contributed by atoms with Crippen molar-refractivity contribution in [3.8, 4) is 0 Å². The van der Waals surface area contributed by atoms with Gasteiger partial charge in [0.05, 0.1) is 17.8 Å². The van der Waals surface area contributed by atoms with Gasteiger partial charge in [-0.05, 0) is 37.8 Å². The first-order valence-electron chi connectivity index (χ1n) is 10.9. The molecule has 0 saturated heterocycles. The summed E-state index contributed by atoms with van der Waals surface area (Å²) in [7, 11) is 0. The number of carbonyl (C=O) groups is 2. The van der Waals surface area contributed by atoms with Crippen LogP contribution in [0, 0.1) is 0 Å². The molecule has 0 unspecified atom stereocenters. The third-order valence-corrected chi connectivity index (χ3v) is 4.91. The van der Waals surface area contributed by atoms with Crippen LogP contribution in [-0.4, -0.2) is 36.7 Å². The Kier molecular flexibility index (Phi) is 8.86. The van der Waals surface area contributed by atoms with Gasteiger partial charge in [0.15, 0.2) is 0 Å². The smallest absolute Gasteiger partial charge is 0.407 e. The number of ether oxygens (including phenoxy) is 2. The third-order valence-electron chi connectivity index (χ3n) is 4.91. The molecule has 0 aliphatic carbocycles. The van der Waals surface area contributed by atoms with Gasteiger partial charge in [0.25, 0.3) is 0 Å². The number of alkyl carbamates (subject to hydrolysis) is 1. The highest BCUT2D eigenvalue weighted by Crippen LogP contribution is 2.26. The summed E-state index contributed by atoms with van der Waals surface area (Å²) >= 11 is 0. The van der Waals surface area contributed by atoms with Crippen molar-refractivity contribution in [2.75, 3.05) is 25.0 Å². The molecule has 32 heavy (non-hydrogen) atoms. The van der Waals surface area contributed by atoms with Crippen molar-refractivity contribution in [2.24, 2.45) is 0 Å². The van der Waals surface area contributed by atoms with Gasteiger partial charge in [-0.25, -0.2) is 9.59 Å². The number of fused-ring (bicyclic) bond motifs is 1. The van der Waals surface area contributed by atoms with Crippen molar-refractivity contribution in [3.05, 3.63) is 71.9 Å². The molecule has 0 aliphatic heterocycles. The predicted molar refractivity (Wildman–Crippen MR) is 125 cm³/mol. The topological polar surface area (TPSA) is 89.5 Å². The number of para-hydroxylation sites is 1. The molecule has 0 bridgehead atoms. The number of nitrogens with one attached hydrogen (secondary N) is 2. The highest BCUT2D eigenvalue weighted by Gasteiger charge is 2.16. The van der Waals surface area contributed by atoms with Crippen molar-refractivity contribution in [1.82, 2.24) is 10.3 Å². The normalized spacial score (nSPS) is 10.5. The van der Waals surface area contributed by atoms with Crippen LogP contribution < -0.4 is 10.6 Å². The first-order chi connectivity index (χ1) is 15.7. The molecule has 0 atom stereocenters. The lowest BCUT2D eigenvalue weighted by Crippen LogP contribution is -2.25. The molecule has 0 fully saturated rings. The van der Waals surface area contributed by atoms with Gasteiger partial charge in [-0.15, -0.1) is 0 Å². The summed E-state index contributed by atoms with van der Waals surface area (Å²) < 4.78 is 10.4. The number of unbranched alkanes of at least 4 members (excludes halogenated alkanes) is 2. The fourth-order valence-corrected chi connectivity index (χ4v) is 3.30. The number of rotatable bonds is 11. The third kappa shape index (κ3) is 6.70. The average Bonchev–Trinajstić information content (AvgIpc) is 2.82. The van der Waals surface area contributed by atoms with Crippen LogP contribution >= 0.6 is 0 Å². The van der Waals surface area contributed by atoms with E-state index >= 15 is 0 Å². The molecule has 0 radical (unpaired) electrons. The number of carbonyl (C=O) groups excluding carboxylic acids is 2. The van der Waals surface area contributed by atoms with Crippen LogP contribution in [0.15, 0.2) is 60.8 Å². The monoisotopic (exact) mass is 435 g/mol. The molecule has 1 aromatic heterocycles. The Morgan fingerprint density at radius 3 is 2.47 bits per heavy atom. The van der Waals surface area contributed by atoms with Gasteiger partial charge >= 0.3 is 12.1 Å². The van der Waals surface area contributed by atoms with Gasteiger partial charge in [0.1, 0.15) is 12.2 Å². The van der Waals surface area contributed by atoms with Crippen molar-refractivity contribution >= 4 is 28.7 Å². The van der Waals surface area contributed by atoms with Gasteiger partial charge in [-0.2, -0.15) is 0 Å². The van der Waals surface area contributed by atoms with E-state index in [0.717, 1.165) is 41.4 Å². The molecule has 2 N–H and O–H groups in total. The van der Waals surface area contributed by atoms with Gasteiger partial charge in [-0.1, -0.05) is 48.5 Å². The molecule has 7 heteroatoms. The number of nitrogens with zero attached hydrogens (tertiary/aromatic N) is 1. The Balaban J connectivity index is 1.41. The van der Waals surface area contributed by atoms with E-state index in [4.69, 9.17) is 9.47 Å². The molecule has 0 spiro atoms. The standard InChI is InChI=1S/C25H29N3O4/c1-2-31-24(29)21-17-28-22-14-8-7-13-20(22)23(21)26-15-9-4-10-16-27-25(30)32-18-19-11-5-3-6-12-19/h3,5-8,11-14,17H,2,4,9-10,15-16,18H2,1H3,(H,26,28)(H,27,30). The van der Waals surface area contributed by atoms with Gasteiger partial charge in [0.2, 0.25) is 0 Å². The maximum absolute atomic E-state index is 12.3. The van der Waals surface area contributed by atoms with Gasteiger partial charge in [0, 0.05) is 24.7 Å². The second kappa shape index (κ2) is 12.3. The second-order valence-corrected chi connectivity index (χ2v) is 7.26. The highest BCUT2D eigenvalue weighted by atomic mass is 16.5. The summed E-state index contributed by atoms with van der Waals surface area (Å²) in [5.41, 5.74) is 2.96. The van der Waals surface area contributed by atoms with Crippen LogP contribution in [0.1, 0.15) is 42.1 Å². The summed E-state index contributed by atoms with van der Waals surface area (Å²) in [5, 5.41) is 7.04. The minimum atomic E-state index is -0.408. The molecular weight excluding hydrogens is 406 g/mol. The summed E-state index contributed by atoms with van der Waals surface area (Å²) in [6, 6.07) is 17.3. The Morgan fingerprint density at radius 1 is 0.906 bits per heavy atom. The van der Waals surface area contributed by atoms with E-state index in [1.807, 2.05) is 54.6 Å². The Labute approximate surface area is 188 Å². The lowest BCUT2D eigenvalue weighted by Gasteiger charge is -2.14. The zero-order valence-electron chi connectivity index (χ0n) is 18.3. The van der Waals surface area contributed by atoms with Crippen LogP contribution in [0.3, 0.4) is 0 Å². The summed E-state index contributed by atoms with van der Waals surface area (Å²) in [6.45, 7) is 3.61. The average molecular weight is 436 g/mol. The first-order valence-corrected chi connectivity index (χ1v) is 10.9. The largest absolute Gasteiger partial charge is 0.462 e. The number of aromatic nitrogens is 1. The zero-order valence-corrected chi connectivity index (χ0v) is 18.3. The number of pyridine rings is 1. The molecular formula is C25H29N3O4. The zero-order chi connectivity index (χ0) is 22.6. The molecule has 0 aliphatic rings. The molecule has 1 heterocycles. The summed E-state index contributed by atoms with van der Waals surface area (Å²) in [4.78, 5) is 28.5. The van der Waals surface area contributed by atoms with E-state index in [-0.39, 0.29) is 12.6 Å². The van der Waals surface area contributed by atoms with Crippen LogP contribution in [0.25, 0.3) is 10.9 Å². The van der Waals surface area contributed by atoms with Crippen LogP contribution in [0.5, 0.6) is 0 Å². The van der Waals surface area contributed by atoms with E-state index in [2.05, 4.69) is 15.6 Å². The molecule has 3 rings (SSSR count). The number of anilines is 1. The predicted octanol–water partition coefficient (Wildman–Crippen LogP) is 4.92. The molecule has 2 aromatic carbocycles. The van der Waals surface area contributed by atoms with Crippen LogP contribution in [0.2, 0.25) is 0 Å². The minimum absolute atomic E-state index is 0.263. The Bertz CT molecular complexity index is 1020. The number of hydrogen-bond donors (Lipinski definition) is 2. The molecule has 7 nitrogen and oxygen atoms in total. The van der Waals surface area contributed by atoms with E-state index < -0.39 is 6.09 Å². The highest BCUT2D eigenvalue weighted by molar-refractivity contribution is 6.04. The number of esters is 1. The quantitative estimate of drug-likeness (QED) is 0.328. The van der Waals surface area contributed by atoms with Crippen molar-refractivity contribution in [3.63, 3.8) is 0 Å². The number of hydrogen-bond acceptors (Lipinski definition) is 6. The summed E-state index contributed by atoms with van der Waals surface area (Å²) in [6.07, 6.45) is 3.80. The van der Waals surface area contributed by atoms with Crippen molar-refractivity contribution in [2.45, 2.75) is 32.8 Å². The molecule has 3 aromatic rings. The van der Waals surface area contributed by atoms with E-state index in [0.29, 0.717) is 25.3 Å². The molecule has 168 valence electrons. The van der Waals surface area contributed by atoms with Crippen molar-refractivity contribution < 1.29 is 19.1 Å². The summed E-state index contributed by atoms with van der Waals surface area (Å²) in [5.74, 6) is -0.383. The Morgan fingerprint density at radius 2 is 1.66 bits per heavy atom. The molecule has 1 amide bonds. The fourth-order valence-electron chi connectivity index (χ4n) is 3.30. The van der Waals surface area contributed by atoms with E-state index in [1.165, 1.54) is 0 Å². The number of amides is 1. The van der Waals surface area contributed by atoms with Crippen LogP contribution in [0.4, 0.5) is 10.5 Å². The lowest BCUT2D eigenvalue weighted by atomic mass is 10.1.